The zero-order chi connectivity index (χ0) is 14.5. The average molecular weight is 271 g/mol. The summed E-state index contributed by atoms with van der Waals surface area (Å²) in [6.45, 7) is 0. The van der Waals surface area contributed by atoms with Crippen LogP contribution in [0.2, 0.25) is 0 Å². The maximum absolute atomic E-state index is 12.0. The topological polar surface area (TPSA) is 75.5 Å². The van der Waals surface area contributed by atoms with Crippen molar-refractivity contribution in [1.82, 2.24) is 0 Å². The van der Waals surface area contributed by atoms with E-state index in [1.54, 1.807) is 25.2 Å². The Morgan fingerprint density at radius 3 is 2.50 bits per heavy atom. The number of benzene rings is 2. The zero-order valence-electron chi connectivity index (χ0n) is 10.8. The lowest BCUT2D eigenvalue weighted by Gasteiger charge is -2.17. The van der Waals surface area contributed by atoms with E-state index in [2.05, 4.69) is 5.32 Å². The summed E-state index contributed by atoms with van der Waals surface area (Å²) in [7, 11) is 1.63. The summed E-state index contributed by atoms with van der Waals surface area (Å²) in [5.74, 6) is 0. The van der Waals surface area contributed by atoms with Crippen LogP contribution in [-0.4, -0.2) is 18.0 Å². The number of anilines is 2. The fourth-order valence-corrected chi connectivity index (χ4v) is 1.67. The van der Waals surface area contributed by atoms with Crippen molar-refractivity contribution >= 4 is 23.1 Å². The van der Waals surface area contributed by atoms with Crippen molar-refractivity contribution in [2.75, 3.05) is 17.3 Å². The second kappa shape index (κ2) is 5.83. The lowest BCUT2D eigenvalue weighted by molar-refractivity contribution is -0.384. The SMILES string of the molecule is CN(C(=O)Nc1cccc([N+](=O)[O-])c1)c1ccccc1. The van der Waals surface area contributed by atoms with E-state index in [1.807, 2.05) is 18.2 Å². The molecular weight excluding hydrogens is 258 g/mol. The standard InChI is InChI=1S/C14H13N3O3/c1-16(12-7-3-2-4-8-12)14(18)15-11-6-5-9-13(10-11)17(19)20/h2-10H,1H3,(H,15,18). The molecule has 6 heteroatoms. The Morgan fingerprint density at radius 1 is 1.15 bits per heavy atom. The van der Waals surface area contributed by atoms with E-state index >= 15 is 0 Å². The van der Waals surface area contributed by atoms with E-state index < -0.39 is 4.92 Å². The third-order valence-corrected chi connectivity index (χ3v) is 2.76. The van der Waals surface area contributed by atoms with Crippen molar-refractivity contribution in [2.24, 2.45) is 0 Å². The Morgan fingerprint density at radius 2 is 1.85 bits per heavy atom. The van der Waals surface area contributed by atoms with Gasteiger partial charge in [-0.2, -0.15) is 0 Å². The van der Waals surface area contributed by atoms with Gasteiger partial charge in [0.05, 0.1) is 4.92 Å². The van der Waals surface area contributed by atoms with Gasteiger partial charge in [0.2, 0.25) is 0 Å². The number of carbonyl (C=O) groups excluding carboxylic acids is 1. The van der Waals surface area contributed by atoms with Gasteiger partial charge in [-0.3, -0.25) is 15.0 Å². The maximum Gasteiger partial charge on any atom is 0.326 e. The van der Waals surface area contributed by atoms with E-state index in [1.165, 1.54) is 23.1 Å². The molecule has 0 aromatic heterocycles. The maximum atomic E-state index is 12.0. The minimum Gasteiger partial charge on any atom is -0.307 e. The summed E-state index contributed by atoms with van der Waals surface area (Å²) in [6.07, 6.45) is 0. The highest BCUT2D eigenvalue weighted by atomic mass is 16.6. The molecule has 20 heavy (non-hydrogen) atoms. The van der Waals surface area contributed by atoms with Crippen molar-refractivity contribution in [2.45, 2.75) is 0 Å². The third kappa shape index (κ3) is 3.11. The van der Waals surface area contributed by atoms with Gasteiger partial charge in [-0.05, 0) is 18.2 Å². The van der Waals surface area contributed by atoms with Crippen LogP contribution in [0.5, 0.6) is 0 Å². The second-order valence-corrected chi connectivity index (χ2v) is 4.13. The number of urea groups is 1. The molecule has 0 fully saturated rings. The molecule has 0 radical (unpaired) electrons. The van der Waals surface area contributed by atoms with Crippen molar-refractivity contribution in [3.63, 3.8) is 0 Å². The van der Waals surface area contributed by atoms with Gasteiger partial charge in [-0.15, -0.1) is 0 Å². The largest absolute Gasteiger partial charge is 0.326 e. The Balaban J connectivity index is 2.12. The fraction of sp³-hybridized carbons (Fsp3) is 0.0714. The Kier molecular flexibility index (Phi) is 3.95. The van der Waals surface area contributed by atoms with Gasteiger partial charge < -0.3 is 5.32 Å². The lowest BCUT2D eigenvalue weighted by Crippen LogP contribution is -2.31. The smallest absolute Gasteiger partial charge is 0.307 e. The molecule has 0 spiro atoms. The van der Waals surface area contributed by atoms with Crippen LogP contribution in [0.4, 0.5) is 21.9 Å². The van der Waals surface area contributed by atoms with Gasteiger partial charge in [0.25, 0.3) is 5.69 Å². The van der Waals surface area contributed by atoms with Crippen LogP contribution >= 0.6 is 0 Å². The highest BCUT2D eigenvalue weighted by Crippen LogP contribution is 2.18. The molecule has 102 valence electrons. The van der Waals surface area contributed by atoms with E-state index in [9.17, 15) is 14.9 Å². The molecule has 0 unspecified atom stereocenters. The molecule has 0 saturated carbocycles. The van der Waals surface area contributed by atoms with Gasteiger partial charge in [-0.25, -0.2) is 4.79 Å². The van der Waals surface area contributed by atoms with E-state index in [4.69, 9.17) is 0 Å². The molecule has 0 saturated heterocycles. The molecule has 6 nitrogen and oxygen atoms in total. The number of carbonyl (C=O) groups is 1. The number of rotatable bonds is 3. The molecule has 0 heterocycles. The highest BCUT2D eigenvalue weighted by Gasteiger charge is 2.12. The van der Waals surface area contributed by atoms with Crippen LogP contribution in [0.3, 0.4) is 0 Å². The van der Waals surface area contributed by atoms with Gasteiger partial charge in [0, 0.05) is 30.6 Å². The van der Waals surface area contributed by atoms with Gasteiger partial charge in [0.1, 0.15) is 0 Å². The molecule has 2 aromatic carbocycles. The molecular formula is C14H13N3O3. The van der Waals surface area contributed by atoms with Crippen LogP contribution in [0.15, 0.2) is 54.6 Å². The quantitative estimate of drug-likeness (QED) is 0.687. The molecule has 0 bridgehead atoms. The van der Waals surface area contributed by atoms with Gasteiger partial charge in [0.15, 0.2) is 0 Å². The summed E-state index contributed by atoms with van der Waals surface area (Å²) in [5.41, 5.74) is 1.05. The van der Waals surface area contributed by atoms with Crippen LogP contribution in [-0.2, 0) is 0 Å². The second-order valence-electron chi connectivity index (χ2n) is 4.13. The van der Waals surface area contributed by atoms with Crippen LogP contribution in [0.25, 0.3) is 0 Å². The van der Waals surface area contributed by atoms with Crippen LogP contribution in [0.1, 0.15) is 0 Å². The predicted octanol–water partition coefficient (Wildman–Crippen LogP) is 3.26. The molecule has 0 aliphatic carbocycles. The van der Waals surface area contributed by atoms with Crippen molar-refractivity contribution < 1.29 is 9.72 Å². The number of nitrogens with one attached hydrogen (secondary N) is 1. The summed E-state index contributed by atoms with van der Waals surface area (Å²) in [5, 5.41) is 13.3. The molecule has 0 aliphatic rings. The van der Waals surface area contributed by atoms with Crippen molar-refractivity contribution in [1.29, 1.82) is 0 Å². The molecule has 1 N–H and O–H groups in total. The zero-order valence-corrected chi connectivity index (χ0v) is 10.8. The van der Waals surface area contributed by atoms with Gasteiger partial charge in [-0.1, -0.05) is 24.3 Å². The van der Waals surface area contributed by atoms with Crippen molar-refractivity contribution in [3.8, 4) is 0 Å². The van der Waals surface area contributed by atoms with E-state index in [0.717, 1.165) is 5.69 Å². The molecule has 2 amide bonds. The number of nitro benzene ring substituents is 1. The van der Waals surface area contributed by atoms with Crippen molar-refractivity contribution in [3.05, 3.63) is 64.7 Å². The first-order chi connectivity index (χ1) is 9.58. The minimum atomic E-state index is -0.503. The van der Waals surface area contributed by atoms with Crippen LogP contribution in [0, 0.1) is 10.1 Å². The normalized spacial score (nSPS) is 9.85. The van der Waals surface area contributed by atoms with Crippen LogP contribution < -0.4 is 10.2 Å². The van der Waals surface area contributed by atoms with E-state index in [-0.39, 0.29) is 11.7 Å². The number of hydrogen-bond donors (Lipinski definition) is 1. The number of hydrogen-bond acceptors (Lipinski definition) is 3. The molecule has 2 rings (SSSR count). The third-order valence-electron chi connectivity index (χ3n) is 2.76. The molecule has 0 aliphatic heterocycles. The first kappa shape index (κ1) is 13.5. The number of amides is 2. The number of nitrogens with zero attached hydrogens (tertiary/aromatic N) is 2. The number of nitro groups is 1. The first-order valence-electron chi connectivity index (χ1n) is 5.92. The number of non-ortho nitro benzene ring substituents is 1. The summed E-state index contributed by atoms with van der Waals surface area (Å²) in [4.78, 5) is 23.6. The monoisotopic (exact) mass is 271 g/mol. The summed E-state index contributed by atoms with van der Waals surface area (Å²) >= 11 is 0. The molecule has 0 atom stereocenters. The Hall–Kier alpha value is -2.89. The summed E-state index contributed by atoms with van der Waals surface area (Å²) < 4.78 is 0. The Labute approximate surface area is 115 Å². The fourth-order valence-electron chi connectivity index (χ4n) is 1.67. The van der Waals surface area contributed by atoms with E-state index in [0.29, 0.717) is 5.69 Å². The Bertz CT molecular complexity index is 629. The predicted molar refractivity (Wildman–Crippen MR) is 77.0 cm³/mol. The first-order valence-corrected chi connectivity index (χ1v) is 5.92. The minimum absolute atomic E-state index is 0.0647. The number of para-hydroxylation sites is 1. The summed E-state index contributed by atoms with van der Waals surface area (Å²) in [6, 6.07) is 14.6. The lowest BCUT2D eigenvalue weighted by atomic mass is 10.3. The average Bonchev–Trinajstić information content (AvgIpc) is 2.47. The molecule has 2 aromatic rings. The highest BCUT2D eigenvalue weighted by molar-refractivity contribution is 6.01. The van der Waals surface area contributed by atoms with Gasteiger partial charge >= 0.3 is 6.03 Å².